The Morgan fingerprint density at radius 3 is 2.41 bits per heavy atom. The molecule has 1 aromatic carbocycles. The van der Waals surface area contributed by atoms with Gasteiger partial charge in [0, 0.05) is 13.6 Å². The van der Waals surface area contributed by atoms with Crippen LogP contribution in [0.2, 0.25) is 0 Å². The molecule has 0 radical (unpaired) electrons. The third kappa shape index (κ3) is 3.78. The van der Waals surface area contributed by atoms with Gasteiger partial charge in [0.15, 0.2) is 0 Å². The summed E-state index contributed by atoms with van der Waals surface area (Å²) in [4.78, 5) is 0. The highest BCUT2D eigenvalue weighted by atomic mass is 32.2. The Kier molecular flexibility index (Phi) is 5.07. The molecule has 0 aliphatic carbocycles. The van der Waals surface area contributed by atoms with Crippen molar-refractivity contribution in [2.75, 3.05) is 20.2 Å². The smallest absolute Gasteiger partial charge is 0.279 e. The van der Waals surface area contributed by atoms with E-state index >= 15 is 0 Å². The minimum absolute atomic E-state index is 0.277. The summed E-state index contributed by atoms with van der Waals surface area (Å²) in [6, 6.07) is 8.37. The van der Waals surface area contributed by atoms with Gasteiger partial charge < -0.3 is 5.11 Å². The molecule has 1 aromatic rings. The molecule has 0 spiro atoms. The van der Waals surface area contributed by atoms with Crippen LogP contribution in [0.15, 0.2) is 30.3 Å². The highest BCUT2D eigenvalue weighted by molar-refractivity contribution is 7.87. The lowest BCUT2D eigenvalue weighted by Crippen LogP contribution is -2.41. The number of benzene rings is 1. The summed E-state index contributed by atoms with van der Waals surface area (Å²) >= 11 is 0. The van der Waals surface area contributed by atoms with Gasteiger partial charge in [0.1, 0.15) is 0 Å². The Bertz CT molecular complexity index is 433. The Balaban J connectivity index is 2.85. The van der Waals surface area contributed by atoms with Gasteiger partial charge in [-0.15, -0.1) is 0 Å². The van der Waals surface area contributed by atoms with Crippen molar-refractivity contribution in [1.82, 2.24) is 9.03 Å². The van der Waals surface area contributed by atoms with E-state index in [2.05, 4.69) is 4.72 Å². The first-order valence-corrected chi connectivity index (χ1v) is 6.84. The van der Waals surface area contributed by atoms with Crippen LogP contribution in [-0.2, 0) is 10.2 Å². The first kappa shape index (κ1) is 14.1. The maximum Gasteiger partial charge on any atom is 0.279 e. The van der Waals surface area contributed by atoms with Crippen LogP contribution in [0.1, 0.15) is 18.5 Å². The molecule has 0 aliphatic heterocycles. The largest absolute Gasteiger partial charge is 0.394 e. The SMILES string of the molecule is CCN(C)S(=O)(=O)NC(CO)c1ccccc1. The molecule has 0 fully saturated rings. The first-order valence-electron chi connectivity index (χ1n) is 5.40. The minimum atomic E-state index is -3.55. The summed E-state index contributed by atoms with van der Waals surface area (Å²) < 4.78 is 27.3. The van der Waals surface area contributed by atoms with E-state index in [4.69, 9.17) is 0 Å². The highest BCUT2D eigenvalue weighted by Crippen LogP contribution is 2.13. The molecule has 6 heteroatoms. The standard InChI is InChI=1S/C11H18N2O3S/c1-3-13(2)17(15,16)12-11(9-14)10-7-5-4-6-8-10/h4-8,11-12,14H,3,9H2,1-2H3. The van der Waals surface area contributed by atoms with Crippen LogP contribution in [0.3, 0.4) is 0 Å². The van der Waals surface area contributed by atoms with E-state index in [-0.39, 0.29) is 6.61 Å². The number of hydrogen-bond donors (Lipinski definition) is 2. The van der Waals surface area contributed by atoms with Crippen molar-refractivity contribution in [2.45, 2.75) is 13.0 Å². The molecule has 2 N–H and O–H groups in total. The second-order valence-electron chi connectivity index (χ2n) is 3.68. The molecular weight excluding hydrogens is 240 g/mol. The normalized spacial score (nSPS) is 13.9. The van der Waals surface area contributed by atoms with Crippen molar-refractivity contribution in [3.05, 3.63) is 35.9 Å². The van der Waals surface area contributed by atoms with Crippen LogP contribution >= 0.6 is 0 Å². The molecule has 0 saturated heterocycles. The fourth-order valence-corrected chi connectivity index (χ4v) is 2.43. The van der Waals surface area contributed by atoms with Crippen LogP contribution in [-0.4, -0.2) is 38.0 Å². The van der Waals surface area contributed by atoms with Gasteiger partial charge in [0.05, 0.1) is 12.6 Å². The Hall–Kier alpha value is -0.950. The lowest BCUT2D eigenvalue weighted by Gasteiger charge is -2.21. The molecular formula is C11H18N2O3S. The maximum atomic E-state index is 11.8. The van der Waals surface area contributed by atoms with E-state index < -0.39 is 16.3 Å². The van der Waals surface area contributed by atoms with Gasteiger partial charge in [-0.2, -0.15) is 17.4 Å². The summed E-state index contributed by atoms with van der Waals surface area (Å²) in [5.41, 5.74) is 0.739. The summed E-state index contributed by atoms with van der Waals surface area (Å²) in [7, 11) is -2.06. The maximum absolute atomic E-state index is 11.8. The van der Waals surface area contributed by atoms with Gasteiger partial charge in [-0.25, -0.2) is 0 Å². The Morgan fingerprint density at radius 1 is 1.35 bits per heavy atom. The Labute approximate surface area is 102 Å². The van der Waals surface area contributed by atoms with Crippen molar-refractivity contribution in [2.24, 2.45) is 0 Å². The molecule has 0 aromatic heterocycles. The second kappa shape index (κ2) is 6.11. The fourth-order valence-electron chi connectivity index (χ4n) is 1.34. The van der Waals surface area contributed by atoms with Crippen LogP contribution in [0.4, 0.5) is 0 Å². The number of aliphatic hydroxyl groups is 1. The molecule has 1 atom stereocenters. The molecule has 0 bridgehead atoms. The molecule has 0 aliphatic rings. The topological polar surface area (TPSA) is 69.6 Å². The van der Waals surface area contributed by atoms with E-state index in [1.54, 1.807) is 31.2 Å². The predicted octanol–water partition coefficient (Wildman–Crippen LogP) is 0.506. The summed E-state index contributed by atoms with van der Waals surface area (Å²) in [5.74, 6) is 0. The van der Waals surface area contributed by atoms with Crippen molar-refractivity contribution >= 4 is 10.2 Å². The number of nitrogens with one attached hydrogen (secondary N) is 1. The highest BCUT2D eigenvalue weighted by Gasteiger charge is 2.21. The van der Waals surface area contributed by atoms with Gasteiger partial charge >= 0.3 is 0 Å². The third-order valence-corrected chi connectivity index (χ3v) is 4.19. The van der Waals surface area contributed by atoms with Crippen LogP contribution in [0, 0.1) is 0 Å². The number of aliphatic hydroxyl groups excluding tert-OH is 1. The van der Waals surface area contributed by atoms with Crippen molar-refractivity contribution in [3.8, 4) is 0 Å². The molecule has 1 unspecified atom stereocenters. The first-order chi connectivity index (χ1) is 8.01. The van der Waals surface area contributed by atoms with Gasteiger partial charge in [0.2, 0.25) is 0 Å². The van der Waals surface area contributed by atoms with Crippen LogP contribution < -0.4 is 4.72 Å². The third-order valence-electron chi connectivity index (χ3n) is 2.53. The average molecular weight is 258 g/mol. The quantitative estimate of drug-likeness (QED) is 0.781. The monoisotopic (exact) mass is 258 g/mol. The summed E-state index contributed by atoms with van der Waals surface area (Å²) in [5, 5.41) is 9.25. The molecule has 1 rings (SSSR count). The minimum Gasteiger partial charge on any atom is -0.394 e. The van der Waals surface area contributed by atoms with Crippen LogP contribution in [0.25, 0.3) is 0 Å². The fraction of sp³-hybridized carbons (Fsp3) is 0.455. The molecule has 0 saturated carbocycles. The van der Waals surface area contributed by atoms with E-state index in [1.807, 2.05) is 6.07 Å². The van der Waals surface area contributed by atoms with E-state index in [9.17, 15) is 13.5 Å². The van der Waals surface area contributed by atoms with Gasteiger partial charge in [-0.1, -0.05) is 37.3 Å². The molecule has 0 heterocycles. The number of nitrogens with zero attached hydrogens (tertiary/aromatic N) is 1. The van der Waals surface area contributed by atoms with Crippen molar-refractivity contribution in [1.29, 1.82) is 0 Å². The molecule has 17 heavy (non-hydrogen) atoms. The van der Waals surface area contributed by atoms with E-state index in [1.165, 1.54) is 11.4 Å². The Morgan fingerprint density at radius 2 is 1.94 bits per heavy atom. The van der Waals surface area contributed by atoms with Gasteiger partial charge in [-0.3, -0.25) is 0 Å². The summed E-state index contributed by atoms with van der Waals surface area (Å²) in [6.07, 6.45) is 0. The number of hydrogen-bond acceptors (Lipinski definition) is 3. The zero-order valence-corrected chi connectivity index (χ0v) is 10.8. The van der Waals surface area contributed by atoms with Gasteiger partial charge in [-0.05, 0) is 5.56 Å². The van der Waals surface area contributed by atoms with Crippen LogP contribution in [0.5, 0.6) is 0 Å². The van der Waals surface area contributed by atoms with Gasteiger partial charge in [0.25, 0.3) is 10.2 Å². The van der Waals surface area contributed by atoms with Crippen molar-refractivity contribution < 1.29 is 13.5 Å². The lowest BCUT2D eigenvalue weighted by molar-refractivity contribution is 0.257. The van der Waals surface area contributed by atoms with Crippen molar-refractivity contribution in [3.63, 3.8) is 0 Å². The second-order valence-corrected chi connectivity index (χ2v) is 5.49. The van der Waals surface area contributed by atoms with E-state index in [0.29, 0.717) is 6.54 Å². The molecule has 96 valence electrons. The lowest BCUT2D eigenvalue weighted by atomic mass is 10.1. The molecule has 5 nitrogen and oxygen atoms in total. The zero-order valence-electron chi connectivity index (χ0n) is 10.00. The zero-order chi connectivity index (χ0) is 12.9. The summed E-state index contributed by atoms with van der Waals surface area (Å²) in [6.45, 7) is 1.85. The average Bonchev–Trinajstić information content (AvgIpc) is 2.36. The molecule has 0 amide bonds. The predicted molar refractivity (Wildman–Crippen MR) is 66.6 cm³/mol. The number of rotatable bonds is 6. The van der Waals surface area contributed by atoms with E-state index in [0.717, 1.165) is 5.56 Å².